The SMILES string of the molecule is O=C(NC(c1ccccc1)c1cc2ccccc2o1)c1ccc(S(=O)(=O)C(F)F)cc1. The predicted octanol–water partition coefficient (Wildman–Crippen LogP) is 4.95. The lowest BCUT2D eigenvalue weighted by Crippen LogP contribution is -2.29. The quantitative estimate of drug-likeness (QED) is 0.459. The summed E-state index contributed by atoms with van der Waals surface area (Å²) in [6.45, 7) is 0. The van der Waals surface area contributed by atoms with E-state index in [1.165, 1.54) is 12.1 Å². The maximum Gasteiger partial charge on any atom is 0.341 e. The highest BCUT2D eigenvalue weighted by Crippen LogP contribution is 2.29. The minimum absolute atomic E-state index is 0.130. The topological polar surface area (TPSA) is 76.4 Å². The van der Waals surface area contributed by atoms with Crippen LogP contribution in [0.25, 0.3) is 11.0 Å². The Morgan fingerprint density at radius 3 is 2.16 bits per heavy atom. The molecule has 1 amide bonds. The van der Waals surface area contributed by atoms with Gasteiger partial charge in [-0.25, -0.2) is 8.42 Å². The van der Waals surface area contributed by atoms with Gasteiger partial charge < -0.3 is 9.73 Å². The molecule has 5 nitrogen and oxygen atoms in total. The molecule has 31 heavy (non-hydrogen) atoms. The Kier molecular flexibility index (Phi) is 5.56. The predicted molar refractivity (Wildman–Crippen MR) is 112 cm³/mol. The van der Waals surface area contributed by atoms with Crippen LogP contribution in [0.3, 0.4) is 0 Å². The summed E-state index contributed by atoms with van der Waals surface area (Å²) in [5.41, 5.74) is 1.59. The van der Waals surface area contributed by atoms with E-state index >= 15 is 0 Å². The van der Waals surface area contributed by atoms with Gasteiger partial charge in [0.1, 0.15) is 17.4 Å². The molecule has 0 radical (unpaired) electrons. The molecule has 158 valence electrons. The number of furan rings is 1. The molecule has 0 aliphatic rings. The molecule has 0 fully saturated rings. The van der Waals surface area contributed by atoms with Gasteiger partial charge in [0.15, 0.2) is 0 Å². The smallest absolute Gasteiger partial charge is 0.341 e. The lowest BCUT2D eigenvalue weighted by molar-refractivity contribution is 0.0939. The van der Waals surface area contributed by atoms with E-state index in [9.17, 15) is 22.0 Å². The van der Waals surface area contributed by atoms with Crippen LogP contribution in [0.2, 0.25) is 0 Å². The third-order valence-corrected chi connectivity index (χ3v) is 6.22. The molecule has 1 unspecified atom stereocenters. The highest BCUT2D eigenvalue weighted by atomic mass is 32.2. The molecule has 0 saturated heterocycles. The van der Waals surface area contributed by atoms with Crippen molar-refractivity contribution in [3.8, 4) is 0 Å². The minimum Gasteiger partial charge on any atom is -0.459 e. The van der Waals surface area contributed by atoms with Gasteiger partial charge in [0.25, 0.3) is 5.91 Å². The molecule has 1 atom stereocenters. The Hall–Kier alpha value is -3.52. The standard InChI is InChI=1S/C23H17F2NO4S/c24-23(25)31(28,29)18-12-10-16(11-13-18)22(27)26-21(15-6-2-1-3-7-15)20-14-17-8-4-5-9-19(17)30-20/h1-14,21,23H,(H,26,27). The maximum absolute atomic E-state index is 12.9. The van der Waals surface area contributed by atoms with Crippen LogP contribution in [0.1, 0.15) is 27.7 Å². The first-order valence-electron chi connectivity index (χ1n) is 9.32. The van der Waals surface area contributed by atoms with Crippen LogP contribution in [0, 0.1) is 0 Å². The monoisotopic (exact) mass is 441 g/mol. The lowest BCUT2D eigenvalue weighted by atomic mass is 10.0. The second kappa shape index (κ2) is 8.31. The third kappa shape index (κ3) is 4.20. The first-order chi connectivity index (χ1) is 14.9. The first-order valence-corrected chi connectivity index (χ1v) is 10.9. The van der Waals surface area contributed by atoms with Gasteiger partial charge in [-0.05, 0) is 42.0 Å². The average Bonchev–Trinajstić information content (AvgIpc) is 3.21. The Morgan fingerprint density at radius 1 is 0.871 bits per heavy atom. The molecule has 0 aliphatic heterocycles. The number of halogens is 2. The van der Waals surface area contributed by atoms with Gasteiger partial charge in [-0.3, -0.25) is 4.79 Å². The summed E-state index contributed by atoms with van der Waals surface area (Å²) in [4.78, 5) is 12.3. The fourth-order valence-electron chi connectivity index (χ4n) is 3.22. The fraction of sp³-hybridized carbons (Fsp3) is 0.0870. The van der Waals surface area contributed by atoms with Gasteiger partial charge in [-0.1, -0.05) is 48.5 Å². The minimum atomic E-state index is -4.72. The largest absolute Gasteiger partial charge is 0.459 e. The van der Waals surface area contributed by atoms with E-state index in [-0.39, 0.29) is 5.56 Å². The molecule has 3 aromatic carbocycles. The number of sulfone groups is 1. The Balaban J connectivity index is 1.65. The van der Waals surface area contributed by atoms with Crippen molar-refractivity contribution in [1.29, 1.82) is 0 Å². The van der Waals surface area contributed by atoms with Crippen LogP contribution >= 0.6 is 0 Å². The van der Waals surface area contributed by atoms with E-state index in [2.05, 4.69) is 5.32 Å². The molecule has 4 rings (SSSR count). The molecular weight excluding hydrogens is 424 g/mol. The van der Waals surface area contributed by atoms with Crippen molar-refractivity contribution in [2.24, 2.45) is 0 Å². The molecule has 1 aromatic heterocycles. The Morgan fingerprint density at radius 2 is 1.52 bits per heavy atom. The molecule has 0 saturated carbocycles. The molecule has 4 aromatic rings. The van der Waals surface area contributed by atoms with Crippen LogP contribution in [-0.4, -0.2) is 20.1 Å². The summed E-state index contributed by atoms with van der Waals surface area (Å²) in [7, 11) is -4.72. The molecule has 0 spiro atoms. The molecule has 8 heteroatoms. The highest BCUT2D eigenvalue weighted by Gasteiger charge is 2.27. The van der Waals surface area contributed by atoms with Gasteiger partial charge in [-0.15, -0.1) is 0 Å². The van der Waals surface area contributed by atoms with Crippen molar-refractivity contribution >= 4 is 26.7 Å². The highest BCUT2D eigenvalue weighted by molar-refractivity contribution is 7.91. The second-order valence-electron chi connectivity index (χ2n) is 6.83. The summed E-state index contributed by atoms with van der Waals surface area (Å²) in [5, 5.41) is 3.76. The summed E-state index contributed by atoms with van der Waals surface area (Å²) < 4.78 is 54.5. The number of carbonyl (C=O) groups excluding carboxylic acids is 1. The van der Waals surface area contributed by atoms with Crippen LogP contribution in [-0.2, 0) is 9.84 Å². The van der Waals surface area contributed by atoms with E-state index < -0.39 is 32.4 Å². The number of hydrogen-bond donors (Lipinski definition) is 1. The third-order valence-electron chi connectivity index (χ3n) is 4.82. The maximum atomic E-state index is 12.9. The number of alkyl halides is 2. The van der Waals surface area contributed by atoms with Gasteiger partial charge >= 0.3 is 5.76 Å². The number of rotatable bonds is 6. The molecular formula is C23H17F2NO4S. The summed E-state index contributed by atoms with van der Waals surface area (Å²) in [6, 6.07) is 22.3. The number of fused-ring (bicyclic) bond motifs is 1. The van der Waals surface area contributed by atoms with Crippen molar-refractivity contribution in [3.05, 3.63) is 102 Å². The summed E-state index contributed by atoms with van der Waals surface area (Å²) in [6.07, 6.45) is 0. The average molecular weight is 441 g/mol. The van der Waals surface area contributed by atoms with E-state index in [4.69, 9.17) is 4.42 Å². The molecule has 0 bridgehead atoms. The summed E-state index contributed by atoms with van der Waals surface area (Å²) >= 11 is 0. The zero-order valence-corrected chi connectivity index (χ0v) is 16.9. The van der Waals surface area contributed by atoms with Crippen molar-refractivity contribution in [1.82, 2.24) is 5.32 Å². The lowest BCUT2D eigenvalue weighted by Gasteiger charge is -2.17. The van der Waals surface area contributed by atoms with Crippen molar-refractivity contribution < 1.29 is 26.4 Å². The number of para-hydroxylation sites is 1. The first kappa shape index (κ1) is 20.7. The van der Waals surface area contributed by atoms with Crippen LogP contribution in [0.5, 0.6) is 0 Å². The summed E-state index contributed by atoms with van der Waals surface area (Å²) in [5.74, 6) is -3.50. The number of amides is 1. The van der Waals surface area contributed by atoms with E-state index in [0.29, 0.717) is 11.3 Å². The van der Waals surface area contributed by atoms with Crippen molar-refractivity contribution in [2.75, 3.05) is 0 Å². The van der Waals surface area contributed by atoms with Crippen molar-refractivity contribution in [3.63, 3.8) is 0 Å². The number of benzene rings is 3. The molecule has 0 aliphatic carbocycles. The number of hydrogen-bond acceptors (Lipinski definition) is 4. The van der Waals surface area contributed by atoms with Crippen LogP contribution in [0.4, 0.5) is 8.78 Å². The van der Waals surface area contributed by atoms with E-state index in [1.54, 1.807) is 0 Å². The van der Waals surface area contributed by atoms with Gasteiger partial charge in [0.05, 0.1) is 4.90 Å². The van der Waals surface area contributed by atoms with Crippen LogP contribution < -0.4 is 5.32 Å². The van der Waals surface area contributed by atoms with Gasteiger partial charge in [0.2, 0.25) is 9.84 Å². The molecule has 1 heterocycles. The molecule has 1 N–H and O–H groups in total. The van der Waals surface area contributed by atoms with Crippen molar-refractivity contribution in [2.45, 2.75) is 16.7 Å². The van der Waals surface area contributed by atoms with E-state index in [0.717, 1.165) is 23.1 Å². The van der Waals surface area contributed by atoms with E-state index in [1.807, 2.05) is 60.7 Å². The van der Waals surface area contributed by atoms with Crippen LogP contribution in [0.15, 0.2) is 94.2 Å². The number of carbonyl (C=O) groups is 1. The normalized spacial score (nSPS) is 12.7. The fourth-order valence-corrected chi connectivity index (χ4v) is 3.94. The van der Waals surface area contributed by atoms with Gasteiger partial charge in [-0.2, -0.15) is 8.78 Å². The zero-order chi connectivity index (χ0) is 22.0. The number of nitrogens with one attached hydrogen (secondary N) is 1. The second-order valence-corrected chi connectivity index (χ2v) is 8.75. The Labute approximate surface area is 177 Å². The Bertz CT molecular complexity index is 1280. The zero-order valence-electron chi connectivity index (χ0n) is 16.0. The van der Waals surface area contributed by atoms with Gasteiger partial charge in [0, 0.05) is 10.9 Å².